The van der Waals surface area contributed by atoms with Crippen LogP contribution < -0.4 is 24.4 Å². The highest BCUT2D eigenvalue weighted by molar-refractivity contribution is 7.90. The number of nitrogens with zero attached hydrogens (tertiary/aromatic N) is 4. The molecule has 0 bridgehead atoms. The number of carbonyl (C=O) groups is 1. The van der Waals surface area contributed by atoms with E-state index in [4.69, 9.17) is 21.1 Å². The minimum Gasteiger partial charge on any atom is -0.493 e. The third kappa shape index (κ3) is 9.42. The number of aromatic nitrogens is 2. The number of hydrogen-bond donors (Lipinski definition) is 3. The molecular weight excluding hydrogens is 842 g/mol. The first kappa shape index (κ1) is 42.8. The van der Waals surface area contributed by atoms with Crippen molar-refractivity contribution < 1.29 is 27.6 Å². The van der Waals surface area contributed by atoms with Crippen molar-refractivity contribution in [3.05, 3.63) is 117 Å². The number of piperidine rings is 1. The number of amides is 1. The van der Waals surface area contributed by atoms with Gasteiger partial charge in [0.05, 0.1) is 33.7 Å². The highest BCUT2D eigenvalue weighted by Gasteiger charge is 2.36. The summed E-state index contributed by atoms with van der Waals surface area (Å²) >= 11 is 6.25. The van der Waals surface area contributed by atoms with Crippen LogP contribution >= 0.6 is 11.6 Å². The van der Waals surface area contributed by atoms with Gasteiger partial charge in [-0.25, -0.2) is 18.1 Å². The third-order valence-corrected chi connectivity index (χ3v) is 14.8. The molecule has 4 aliphatic rings. The molecule has 3 N–H and O–H groups in total. The van der Waals surface area contributed by atoms with Gasteiger partial charge in [-0.15, -0.1) is 0 Å². The summed E-state index contributed by atoms with van der Waals surface area (Å²) in [6.45, 7) is 10.7. The first-order valence-corrected chi connectivity index (χ1v) is 23.6. The number of rotatable bonds is 11. The molecule has 0 spiro atoms. The van der Waals surface area contributed by atoms with Gasteiger partial charge in [0.15, 0.2) is 0 Å². The first-order valence-electron chi connectivity index (χ1n) is 21.7. The lowest BCUT2D eigenvalue weighted by Gasteiger charge is -2.39. The van der Waals surface area contributed by atoms with Gasteiger partial charge in [0, 0.05) is 79.1 Å². The third-order valence-electron chi connectivity index (χ3n) is 13.2. The average Bonchev–Trinajstić information content (AvgIpc) is 3.75. The molecule has 1 aliphatic carbocycles. The number of benzene rings is 3. The maximum Gasteiger partial charge on any atom is 0.277 e. The van der Waals surface area contributed by atoms with E-state index in [1.165, 1.54) is 29.0 Å². The van der Waals surface area contributed by atoms with Crippen molar-refractivity contribution in [1.82, 2.24) is 24.9 Å². The lowest BCUT2D eigenvalue weighted by atomic mass is 9.72. The normalized spacial score (nSPS) is 19.7. The van der Waals surface area contributed by atoms with Crippen LogP contribution in [0, 0.1) is 27.4 Å². The molecule has 1 amide bonds. The Balaban J connectivity index is 0.947. The molecule has 9 rings (SSSR count). The van der Waals surface area contributed by atoms with E-state index in [9.17, 15) is 23.3 Å². The molecule has 3 aromatic carbocycles. The van der Waals surface area contributed by atoms with E-state index in [1.807, 2.05) is 18.2 Å². The van der Waals surface area contributed by atoms with E-state index in [0.29, 0.717) is 35.9 Å². The van der Waals surface area contributed by atoms with Crippen LogP contribution in [-0.4, -0.2) is 86.5 Å². The molecule has 0 unspecified atom stereocenters. The molecular formula is C47H52ClN7O7S. The van der Waals surface area contributed by atoms with Crippen LogP contribution in [0.15, 0.2) is 89.6 Å². The molecule has 63 heavy (non-hydrogen) atoms. The molecule has 0 saturated carbocycles. The highest BCUT2D eigenvalue weighted by Crippen LogP contribution is 2.44. The zero-order chi connectivity index (χ0) is 43.9. The van der Waals surface area contributed by atoms with E-state index >= 15 is 0 Å². The van der Waals surface area contributed by atoms with E-state index in [0.717, 1.165) is 100 Å². The van der Waals surface area contributed by atoms with Gasteiger partial charge >= 0.3 is 0 Å². The number of ether oxygens (including phenoxy) is 2. The summed E-state index contributed by atoms with van der Waals surface area (Å²) in [4.78, 5) is 37.6. The Morgan fingerprint density at radius 2 is 1.81 bits per heavy atom. The summed E-state index contributed by atoms with van der Waals surface area (Å²) < 4.78 is 42.4. The Morgan fingerprint density at radius 3 is 2.57 bits per heavy atom. The highest BCUT2D eigenvalue weighted by atomic mass is 35.5. The maximum absolute atomic E-state index is 14.1. The number of pyridine rings is 1. The Hall–Kier alpha value is -5.48. The monoisotopic (exact) mass is 893 g/mol. The SMILES string of the molecule is CC1(C)CCC(CN2CCN(c3ccc(C(=O)NS(=O)(=O)c4cc5c(c([N+](=O)[O-])c4)C[C@@H](C4CCNCC4)CO5)c(Oc4cnc5[nH]ccc5c4)c3)CC2)=C(c2ccc(Cl)cc2)C1. The Bertz CT molecular complexity index is 2690. The molecule has 16 heteroatoms. The topological polar surface area (TPSA) is 172 Å². The average molecular weight is 894 g/mol. The number of aromatic amines is 1. The fraction of sp³-hybridized carbons (Fsp3) is 0.404. The van der Waals surface area contributed by atoms with Crippen molar-refractivity contribution in [2.45, 2.75) is 57.3 Å². The second-order valence-electron chi connectivity index (χ2n) is 18.0. The summed E-state index contributed by atoms with van der Waals surface area (Å²) in [6.07, 6.45) is 8.79. The summed E-state index contributed by atoms with van der Waals surface area (Å²) in [5, 5.41) is 17.2. The second-order valence-corrected chi connectivity index (χ2v) is 20.2. The lowest BCUT2D eigenvalue weighted by molar-refractivity contribution is -0.386. The number of nitrogens with one attached hydrogen (secondary N) is 3. The summed E-state index contributed by atoms with van der Waals surface area (Å²) in [7, 11) is -4.61. The molecule has 5 heterocycles. The number of carbonyl (C=O) groups excluding carboxylic acids is 1. The van der Waals surface area contributed by atoms with Crippen LogP contribution in [0.3, 0.4) is 0 Å². The van der Waals surface area contributed by atoms with E-state index < -0.39 is 25.7 Å². The predicted octanol–water partition coefficient (Wildman–Crippen LogP) is 8.37. The van der Waals surface area contributed by atoms with Gasteiger partial charge < -0.3 is 24.7 Å². The molecule has 2 saturated heterocycles. The standard InChI is InChI=1S/C47H52ClN7O7S/c1-47(2)13-9-33(41(26-47)31-3-5-35(48)6-4-31)28-53-17-19-54(20-18-53)36-7-8-39(44(23-36)62-37-21-32-12-16-50-45(32)51-27-37)46(56)52-63(59,60)38-24-42(55(57)58)40-22-34(29-61-43(40)25-38)30-10-14-49-15-11-30/h3-8,12,16,21,23-25,27,30,34,49H,9-11,13-15,17-20,22,26,28-29H2,1-2H3,(H,50,51)(H,52,56)/t34-/m1/s1. The van der Waals surface area contributed by atoms with Gasteiger partial charge in [-0.3, -0.25) is 19.8 Å². The van der Waals surface area contributed by atoms with Crippen LogP contribution in [0.2, 0.25) is 5.02 Å². The number of nitro groups is 1. The number of fused-ring (bicyclic) bond motifs is 2. The van der Waals surface area contributed by atoms with Gasteiger partial charge in [0.1, 0.15) is 22.9 Å². The Kier molecular flexibility index (Phi) is 12.0. The number of sulfonamides is 1. The summed E-state index contributed by atoms with van der Waals surface area (Å²) in [6, 6.07) is 19.2. The Labute approximate surface area is 372 Å². The zero-order valence-corrected chi connectivity index (χ0v) is 37.1. The zero-order valence-electron chi connectivity index (χ0n) is 35.5. The summed E-state index contributed by atoms with van der Waals surface area (Å²) in [5.41, 5.74) is 5.80. The number of hydrogen-bond acceptors (Lipinski definition) is 11. The van der Waals surface area contributed by atoms with E-state index in [1.54, 1.807) is 30.5 Å². The molecule has 0 radical (unpaired) electrons. The van der Waals surface area contributed by atoms with Gasteiger partial charge in [0.25, 0.3) is 21.6 Å². The number of nitro benzene ring substituents is 1. The molecule has 2 aromatic heterocycles. The number of allylic oxidation sites excluding steroid dienone is 1. The smallest absolute Gasteiger partial charge is 0.277 e. The molecule has 1 atom stereocenters. The van der Waals surface area contributed by atoms with Crippen LogP contribution in [-0.2, 0) is 16.4 Å². The van der Waals surface area contributed by atoms with Gasteiger partial charge in [-0.05, 0) is 110 Å². The first-order chi connectivity index (χ1) is 30.3. The van der Waals surface area contributed by atoms with Crippen molar-refractivity contribution in [1.29, 1.82) is 0 Å². The van der Waals surface area contributed by atoms with Crippen molar-refractivity contribution in [3.8, 4) is 17.2 Å². The maximum atomic E-state index is 14.1. The van der Waals surface area contributed by atoms with E-state index in [-0.39, 0.29) is 34.1 Å². The second kappa shape index (κ2) is 17.6. The lowest BCUT2D eigenvalue weighted by Crippen LogP contribution is -2.47. The molecule has 14 nitrogen and oxygen atoms in total. The molecule has 330 valence electrons. The number of halogens is 1. The molecule has 5 aromatic rings. The Morgan fingerprint density at radius 1 is 1.03 bits per heavy atom. The van der Waals surface area contributed by atoms with Crippen LogP contribution in [0.1, 0.15) is 67.4 Å². The predicted molar refractivity (Wildman–Crippen MR) is 243 cm³/mol. The van der Waals surface area contributed by atoms with Crippen molar-refractivity contribution in [2.75, 3.05) is 57.3 Å². The minimum absolute atomic E-state index is 0.0365. The quantitative estimate of drug-likeness (QED) is 0.0860. The van der Waals surface area contributed by atoms with Crippen LogP contribution in [0.4, 0.5) is 11.4 Å². The fourth-order valence-corrected chi connectivity index (χ4v) is 10.7. The van der Waals surface area contributed by atoms with Gasteiger partial charge in [-0.1, -0.05) is 43.2 Å². The number of piperazine rings is 1. The fourth-order valence-electron chi connectivity index (χ4n) is 9.61. The molecule has 3 aliphatic heterocycles. The van der Waals surface area contributed by atoms with Gasteiger partial charge in [-0.2, -0.15) is 0 Å². The van der Waals surface area contributed by atoms with E-state index in [2.05, 4.69) is 55.8 Å². The largest absolute Gasteiger partial charge is 0.493 e. The number of H-pyrrole nitrogens is 1. The minimum atomic E-state index is -4.61. The van der Waals surface area contributed by atoms with Gasteiger partial charge in [0.2, 0.25) is 0 Å². The summed E-state index contributed by atoms with van der Waals surface area (Å²) in [5.74, 6) is 0.105. The van der Waals surface area contributed by atoms with Crippen LogP contribution in [0.5, 0.6) is 17.2 Å². The van der Waals surface area contributed by atoms with Crippen molar-refractivity contribution in [2.24, 2.45) is 17.3 Å². The van der Waals surface area contributed by atoms with Crippen molar-refractivity contribution >= 4 is 55.5 Å². The molecule has 2 fully saturated rings. The van der Waals surface area contributed by atoms with Crippen LogP contribution in [0.25, 0.3) is 16.6 Å². The van der Waals surface area contributed by atoms with Crippen molar-refractivity contribution in [3.63, 3.8) is 0 Å². The number of anilines is 1.